The van der Waals surface area contributed by atoms with Gasteiger partial charge < -0.3 is 5.73 Å². The zero-order valence-electron chi connectivity index (χ0n) is 22.7. The van der Waals surface area contributed by atoms with Crippen LogP contribution < -0.4 is 27.1 Å². The molecule has 1 aromatic heterocycles. The Bertz CT molecular complexity index is 1400. The first kappa shape index (κ1) is 27.5. The van der Waals surface area contributed by atoms with Gasteiger partial charge in [0.15, 0.2) is 0 Å². The Balaban J connectivity index is 1.58. The van der Waals surface area contributed by atoms with Crippen molar-refractivity contribution in [2.45, 2.75) is 100 Å². The molecule has 1 unspecified atom stereocenters. The summed E-state index contributed by atoms with van der Waals surface area (Å²) in [7, 11) is -1.78. The van der Waals surface area contributed by atoms with E-state index in [9.17, 15) is 18.0 Å². The summed E-state index contributed by atoms with van der Waals surface area (Å²) in [5, 5.41) is 2.33. The van der Waals surface area contributed by atoms with Gasteiger partial charge in [-0.05, 0) is 50.8 Å². The maximum absolute atomic E-state index is 13.9. The fourth-order valence-corrected chi connectivity index (χ4v) is 7.95. The highest BCUT2D eigenvalue weighted by Crippen LogP contribution is 2.38. The summed E-state index contributed by atoms with van der Waals surface area (Å²) in [5.41, 5.74) is 8.55. The summed E-state index contributed by atoms with van der Waals surface area (Å²) in [4.78, 5) is 27.6. The molecule has 210 valence electrons. The van der Waals surface area contributed by atoms with Gasteiger partial charge in [0.05, 0.1) is 15.8 Å². The van der Waals surface area contributed by atoms with Gasteiger partial charge in [-0.15, -0.1) is 0 Å². The molecular weight excluding hydrogens is 504 g/mol. The highest BCUT2D eigenvalue weighted by atomic mass is 32.2. The van der Waals surface area contributed by atoms with E-state index < -0.39 is 21.1 Å². The zero-order valence-corrected chi connectivity index (χ0v) is 23.5. The molecule has 38 heavy (non-hydrogen) atoms. The maximum Gasteiger partial charge on any atom is 0.331 e. The van der Waals surface area contributed by atoms with Crippen molar-refractivity contribution in [2.75, 3.05) is 20.1 Å². The molecule has 4 N–H and O–H groups in total. The minimum atomic E-state index is -3.80. The van der Waals surface area contributed by atoms with Crippen molar-refractivity contribution in [2.24, 2.45) is 11.7 Å². The zero-order chi connectivity index (χ0) is 27.1. The Morgan fingerprint density at radius 2 is 1.68 bits per heavy atom. The number of nitrogens with zero attached hydrogens (tertiary/aromatic N) is 3. The second-order valence-corrected chi connectivity index (χ2v) is 13.6. The monoisotopic (exact) mass is 546 g/mol. The van der Waals surface area contributed by atoms with Crippen LogP contribution in [0.25, 0.3) is 10.9 Å². The average Bonchev–Trinajstić information content (AvgIpc) is 3.47. The third-order valence-corrected chi connectivity index (χ3v) is 10.5. The van der Waals surface area contributed by atoms with E-state index in [1.165, 1.54) is 47.0 Å². The van der Waals surface area contributed by atoms with Gasteiger partial charge in [-0.1, -0.05) is 38.5 Å². The summed E-state index contributed by atoms with van der Waals surface area (Å²) in [6.45, 7) is 3.36. The quantitative estimate of drug-likeness (QED) is 0.483. The lowest BCUT2D eigenvalue weighted by Crippen LogP contribution is -2.51. The Hall–Kier alpha value is -2.05. The van der Waals surface area contributed by atoms with E-state index in [4.69, 9.17) is 5.73 Å². The molecular formula is C27H42N6O4S. The molecule has 2 saturated carbocycles. The molecule has 3 aliphatic rings. The Morgan fingerprint density at radius 1 is 1.03 bits per heavy atom. The van der Waals surface area contributed by atoms with Crippen LogP contribution in [0.4, 0.5) is 0 Å². The Kier molecular flexibility index (Phi) is 7.60. The van der Waals surface area contributed by atoms with Crippen LogP contribution in [0.2, 0.25) is 0 Å². The first-order chi connectivity index (χ1) is 18.1. The predicted octanol–water partition coefficient (Wildman–Crippen LogP) is 1.89. The fraction of sp³-hybridized carbons (Fsp3) is 0.704. The standard InChI is InChI=1S/C27H42N6O4S/c1-26(13-14-26)30-38(36,37)21-9-10-23-22(17-21)24(34)33(25(35)32(23)16-15-28)19-20-18-31(2)29-27(20)11-7-5-3-4-6-8-12-27/h9-10,17,20,29-30H,3-8,11-16,18-19,28H2,1-2H3. The third-order valence-electron chi connectivity index (χ3n) is 8.83. The first-order valence-electron chi connectivity index (χ1n) is 14.1. The van der Waals surface area contributed by atoms with Gasteiger partial charge in [-0.25, -0.2) is 28.4 Å². The number of fused-ring (bicyclic) bond motifs is 1. The lowest BCUT2D eigenvalue weighted by Gasteiger charge is -2.35. The molecule has 11 heteroatoms. The van der Waals surface area contributed by atoms with Gasteiger partial charge in [-0.2, -0.15) is 0 Å². The highest BCUT2D eigenvalue weighted by Gasteiger charge is 2.45. The van der Waals surface area contributed by atoms with Gasteiger partial charge in [-0.3, -0.25) is 13.9 Å². The van der Waals surface area contributed by atoms with Gasteiger partial charge in [0.25, 0.3) is 5.56 Å². The normalized spacial score (nSPS) is 23.8. The van der Waals surface area contributed by atoms with Crippen molar-refractivity contribution in [1.82, 2.24) is 24.3 Å². The SMILES string of the molecule is CN1CC(Cn2c(=O)c3cc(S(=O)(=O)NC4(C)CC4)ccc3n(CCN)c2=O)C2(CCCCCCCC2)N1. The summed E-state index contributed by atoms with van der Waals surface area (Å²) in [5.74, 6) is 0.0724. The largest absolute Gasteiger partial charge is 0.331 e. The number of sulfonamides is 1. The van der Waals surface area contributed by atoms with E-state index in [0.717, 1.165) is 45.1 Å². The van der Waals surface area contributed by atoms with E-state index in [-0.39, 0.29) is 47.1 Å². The first-order valence-corrected chi connectivity index (χ1v) is 15.6. The second-order valence-electron chi connectivity index (χ2n) is 12.0. The topological polar surface area (TPSA) is 131 Å². The molecule has 1 atom stereocenters. The minimum absolute atomic E-state index is 0.0368. The van der Waals surface area contributed by atoms with Crippen LogP contribution in [-0.2, 0) is 23.1 Å². The lowest BCUT2D eigenvalue weighted by atomic mass is 9.78. The molecule has 2 aliphatic carbocycles. The summed E-state index contributed by atoms with van der Waals surface area (Å²) >= 11 is 0. The smallest absolute Gasteiger partial charge is 0.329 e. The molecule has 3 fully saturated rings. The number of hydrazine groups is 1. The molecule has 10 nitrogen and oxygen atoms in total. The molecule has 1 spiro atoms. The van der Waals surface area contributed by atoms with E-state index >= 15 is 0 Å². The van der Waals surface area contributed by atoms with Crippen molar-refractivity contribution in [1.29, 1.82) is 0 Å². The highest BCUT2D eigenvalue weighted by molar-refractivity contribution is 7.89. The molecule has 2 aromatic rings. The van der Waals surface area contributed by atoms with Crippen molar-refractivity contribution >= 4 is 20.9 Å². The summed E-state index contributed by atoms with van der Waals surface area (Å²) in [6, 6.07) is 4.45. The van der Waals surface area contributed by atoms with E-state index in [1.54, 1.807) is 6.07 Å². The van der Waals surface area contributed by atoms with Crippen LogP contribution in [0.3, 0.4) is 0 Å². The van der Waals surface area contributed by atoms with Crippen LogP contribution in [0.15, 0.2) is 32.7 Å². The predicted molar refractivity (Wildman–Crippen MR) is 148 cm³/mol. The fourth-order valence-electron chi connectivity index (χ4n) is 6.46. The second kappa shape index (κ2) is 10.5. The lowest BCUT2D eigenvalue weighted by molar-refractivity contribution is 0.177. The van der Waals surface area contributed by atoms with Gasteiger partial charge in [0.2, 0.25) is 10.0 Å². The number of nitrogens with two attached hydrogens (primary N) is 1. The van der Waals surface area contributed by atoms with Gasteiger partial charge in [0, 0.05) is 50.2 Å². The van der Waals surface area contributed by atoms with Crippen LogP contribution in [-0.4, -0.2) is 53.8 Å². The Labute approximate surface area is 224 Å². The van der Waals surface area contributed by atoms with E-state index in [2.05, 4.69) is 15.2 Å². The number of hydrogen-bond donors (Lipinski definition) is 3. The molecule has 1 aliphatic heterocycles. The van der Waals surface area contributed by atoms with Crippen LogP contribution in [0.5, 0.6) is 0 Å². The molecule has 0 amide bonds. The average molecular weight is 547 g/mol. The molecule has 2 heterocycles. The number of aromatic nitrogens is 2. The van der Waals surface area contributed by atoms with E-state index in [0.29, 0.717) is 5.52 Å². The number of benzene rings is 1. The molecule has 5 rings (SSSR count). The van der Waals surface area contributed by atoms with E-state index in [1.807, 2.05) is 14.0 Å². The summed E-state index contributed by atoms with van der Waals surface area (Å²) < 4.78 is 31.8. The third kappa shape index (κ3) is 5.36. The maximum atomic E-state index is 13.9. The van der Waals surface area contributed by atoms with Crippen LogP contribution in [0, 0.1) is 5.92 Å². The summed E-state index contributed by atoms with van der Waals surface area (Å²) in [6.07, 6.45) is 10.7. The van der Waals surface area contributed by atoms with Crippen molar-refractivity contribution in [3.05, 3.63) is 39.0 Å². The van der Waals surface area contributed by atoms with Gasteiger partial charge >= 0.3 is 5.69 Å². The number of rotatable bonds is 7. The van der Waals surface area contributed by atoms with Crippen molar-refractivity contribution in [3.63, 3.8) is 0 Å². The van der Waals surface area contributed by atoms with Crippen LogP contribution in [0.1, 0.15) is 71.1 Å². The molecule has 0 bridgehead atoms. The molecule has 1 aromatic carbocycles. The van der Waals surface area contributed by atoms with Gasteiger partial charge in [0.1, 0.15) is 0 Å². The van der Waals surface area contributed by atoms with Crippen molar-refractivity contribution < 1.29 is 8.42 Å². The Morgan fingerprint density at radius 3 is 2.32 bits per heavy atom. The number of hydrogen-bond acceptors (Lipinski definition) is 7. The molecule has 1 saturated heterocycles. The minimum Gasteiger partial charge on any atom is -0.329 e. The number of nitrogens with one attached hydrogen (secondary N) is 2. The molecule has 0 radical (unpaired) electrons. The van der Waals surface area contributed by atoms with Crippen molar-refractivity contribution in [3.8, 4) is 0 Å². The van der Waals surface area contributed by atoms with Crippen LogP contribution >= 0.6 is 0 Å².